The summed E-state index contributed by atoms with van der Waals surface area (Å²) in [5.41, 5.74) is 5.33. The van der Waals surface area contributed by atoms with Crippen LogP contribution in [0.25, 0.3) is 0 Å². The van der Waals surface area contributed by atoms with Crippen LogP contribution >= 0.6 is 12.4 Å². The van der Waals surface area contributed by atoms with E-state index >= 15 is 0 Å². The molecule has 1 aliphatic carbocycles. The first kappa shape index (κ1) is 8.81. The minimum atomic E-state index is -0.704. The number of rotatable bonds is 2. The Morgan fingerprint density at radius 1 is 1.82 bits per heavy atom. The molecule has 1 atom stereocenters. The molecule has 0 heterocycles. The van der Waals surface area contributed by atoms with Gasteiger partial charge in [-0.2, -0.15) is 0 Å². The number of amides is 1. The van der Waals surface area contributed by atoms with Crippen molar-refractivity contribution in [1.29, 1.82) is 0 Å². The largest absolute Gasteiger partial charge is 0.352 e. The van der Waals surface area contributed by atoms with Crippen LogP contribution in [-0.4, -0.2) is 18.0 Å². The highest BCUT2D eigenvalue weighted by molar-refractivity contribution is 5.85. The topological polar surface area (TPSA) is 55.1 Å². The van der Waals surface area contributed by atoms with Gasteiger partial charge >= 0.3 is 0 Å². The fourth-order valence-electron chi connectivity index (χ4n) is 0.767. The molecule has 0 bridgehead atoms. The summed E-state index contributed by atoms with van der Waals surface area (Å²) < 4.78 is 7.60. The molecule has 3 nitrogen and oxygen atoms in total. The molecular formula is C7H15ClN2O. The minimum Gasteiger partial charge on any atom is -0.352 e. The Morgan fingerprint density at radius 3 is 2.64 bits per heavy atom. The van der Waals surface area contributed by atoms with Gasteiger partial charge in [-0.25, -0.2) is 0 Å². The maximum Gasteiger partial charge on any atom is 0.236 e. The van der Waals surface area contributed by atoms with Gasteiger partial charge in [0.05, 0.1) is 7.41 Å². The average molecular weight is 180 g/mol. The molecule has 0 aromatic heterocycles. The Morgan fingerprint density at radius 2 is 2.36 bits per heavy atom. The van der Waals surface area contributed by atoms with Gasteiger partial charge in [0.25, 0.3) is 0 Å². The van der Waals surface area contributed by atoms with E-state index in [0.29, 0.717) is 0 Å². The summed E-state index contributed by atoms with van der Waals surface area (Å²) in [7, 11) is 0. The van der Waals surface area contributed by atoms with Gasteiger partial charge in [-0.05, 0) is 26.2 Å². The normalized spacial score (nSPS) is 23.6. The Labute approximate surface area is 74.5 Å². The number of hydrogen-bond acceptors (Lipinski definition) is 2. The predicted molar refractivity (Wildman–Crippen MR) is 46.7 cm³/mol. The van der Waals surface area contributed by atoms with E-state index in [-0.39, 0.29) is 18.3 Å². The summed E-state index contributed by atoms with van der Waals surface area (Å²) in [5.74, 6) is -0.222. The number of carbonyl (C=O) groups is 1. The fourth-order valence-corrected chi connectivity index (χ4v) is 0.767. The van der Waals surface area contributed by atoms with E-state index in [4.69, 9.17) is 7.10 Å². The molecule has 1 saturated carbocycles. The molecular weight excluding hydrogens is 164 g/mol. The minimum absolute atomic E-state index is 0. The second-order valence-corrected chi connectivity index (χ2v) is 2.74. The van der Waals surface area contributed by atoms with Crippen molar-refractivity contribution >= 4 is 18.3 Å². The standard InChI is InChI=1S/C7H14N2O.ClH/c1-5(8)7(10)9-6-3-2-4-6;/h5-6H,2-4,8H2,1H3,(H,9,10);1H/t5-;/m0./s1/i6D;. The first-order valence-electron chi connectivity index (χ1n) is 4.11. The smallest absolute Gasteiger partial charge is 0.236 e. The molecule has 0 aromatic rings. The molecule has 1 fully saturated rings. The molecule has 1 amide bonds. The van der Waals surface area contributed by atoms with Crippen LogP contribution in [0.3, 0.4) is 0 Å². The lowest BCUT2D eigenvalue weighted by Crippen LogP contribution is -2.46. The summed E-state index contributed by atoms with van der Waals surface area (Å²) in [4.78, 5) is 11.0. The lowest BCUT2D eigenvalue weighted by molar-refractivity contribution is -0.123. The molecule has 66 valence electrons. The lowest BCUT2D eigenvalue weighted by Gasteiger charge is -2.27. The van der Waals surface area contributed by atoms with E-state index in [1.54, 1.807) is 6.92 Å². The zero-order valence-electron chi connectivity index (χ0n) is 7.59. The second kappa shape index (κ2) is 4.57. The van der Waals surface area contributed by atoms with E-state index < -0.39 is 12.1 Å². The van der Waals surface area contributed by atoms with E-state index in [1.807, 2.05) is 0 Å². The van der Waals surface area contributed by atoms with Gasteiger partial charge in [0.15, 0.2) is 0 Å². The van der Waals surface area contributed by atoms with Crippen LogP contribution in [-0.2, 0) is 4.79 Å². The summed E-state index contributed by atoms with van der Waals surface area (Å²) in [6, 6.07) is -1.21. The van der Waals surface area contributed by atoms with Gasteiger partial charge in [-0.1, -0.05) is 0 Å². The maximum absolute atomic E-state index is 11.0. The van der Waals surface area contributed by atoms with E-state index in [2.05, 4.69) is 5.32 Å². The first-order valence-corrected chi connectivity index (χ1v) is 3.61. The highest BCUT2D eigenvalue weighted by Crippen LogP contribution is 2.17. The van der Waals surface area contributed by atoms with E-state index in [9.17, 15) is 4.79 Å². The van der Waals surface area contributed by atoms with E-state index in [1.165, 1.54) is 0 Å². The Kier molecular flexibility index (Phi) is 3.66. The molecule has 11 heavy (non-hydrogen) atoms. The van der Waals surface area contributed by atoms with Crippen molar-refractivity contribution in [2.45, 2.75) is 38.2 Å². The Hall–Kier alpha value is -0.280. The molecule has 1 aliphatic rings. The molecule has 4 heteroatoms. The van der Waals surface area contributed by atoms with Crippen molar-refractivity contribution in [3.8, 4) is 0 Å². The number of halogens is 1. The first-order chi connectivity index (χ1) is 5.03. The summed E-state index contributed by atoms with van der Waals surface area (Å²) in [6.45, 7) is 1.62. The van der Waals surface area contributed by atoms with Gasteiger partial charge in [-0.15, -0.1) is 12.4 Å². The van der Waals surface area contributed by atoms with Crippen LogP contribution in [0.15, 0.2) is 0 Å². The lowest BCUT2D eigenvalue weighted by atomic mass is 9.93. The number of hydrogen-bond donors (Lipinski definition) is 2. The molecule has 0 unspecified atom stereocenters. The van der Waals surface area contributed by atoms with Crippen LogP contribution in [0.5, 0.6) is 0 Å². The summed E-state index contributed by atoms with van der Waals surface area (Å²) in [6.07, 6.45) is 2.54. The third-order valence-corrected chi connectivity index (χ3v) is 1.67. The fraction of sp³-hybridized carbons (Fsp3) is 0.857. The van der Waals surface area contributed by atoms with Crippen molar-refractivity contribution in [1.82, 2.24) is 5.32 Å². The van der Waals surface area contributed by atoms with Crippen LogP contribution in [0, 0.1) is 0 Å². The van der Waals surface area contributed by atoms with Crippen LogP contribution in [0.4, 0.5) is 0 Å². The SMILES string of the molecule is Cl.[2H]C1(NC(=O)[C@H](C)N)CCC1. The molecule has 1 rings (SSSR count). The third-order valence-electron chi connectivity index (χ3n) is 1.67. The monoisotopic (exact) mass is 179 g/mol. The maximum atomic E-state index is 11.0. The molecule has 0 spiro atoms. The van der Waals surface area contributed by atoms with Crippen LogP contribution in [0.2, 0.25) is 0 Å². The van der Waals surface area contributed by atoms with Gasteiger partial charge in [0.1, 0.15) is 0 Å². The van der Waals surface area contributed by atoms with Gasteiger partial charge in [0.2, 0.25) is 5.91 Å². The third kappa shape index (κ3) is 3.08. The number of nitrogens with one attached hydrogen (secondary N) is 1. The van der Waals surface area contributed by atoms with Crippen molar-refractivity contribution in [3.63, 3.8) is 0 Å². The van der Waals surface area contributed by atoms with Crippen molar-refractivity contribution in [2.75, 3.05) is 0 Å². The second-order valence-electron chi connectivity index (χ2n) is 2.74. The number of carbonyl (C=O) groups excluding carboxylic acids is 1. The quantitative estimate of drug-likeness (QED) is 0.646. The van der Waals surface area contributed by atoms with Crippen molar-refractivity contribution in [3.05, 3.63) is 0 Å². The van der Waals surface area contributed by atoms with Crippen LogP contribution in [0.1, 0.15) is 27.6 Å². The summed E-state index contributed by atoms with van der Waals surface area (Å²) in [5, 5.41) is 2.59. The van der Waals surface area contributed by atoms with Gasteiger partial charge in [-0.3, -0.25) is 4.79 Å². The molecule has 0 radical (unpaired) electrons. The Bertz CT molecular complexity index is 171. The zero-order chi connectivity index (χ0) is 8.48. The molecule has 3 N–H and O–H groups in total. The zero-order valence-corrected chi connectivity index (χ0v) is 7.41. The predicted octanol–water partition coefficient (Wildman–Crippen LogP) is 0.424. The van der Waals surface area contributed by atoms with Crippen molar-refractivity contribution < 1.29 is 6.17 Å². The molecule has 0 aromatic carbocycles. The molecule has 0 saturated heterocycles. The highest BCUT2D eigenvalue weighted by atomic mass is 35.5. The highest BCUT2D eigenvalue weighted by Gasteiger charge is 2.20. The number of nitrogens with two attached hydrogens (primary N) is 1. The van der Waals surface area contributed by atoms with Gasteiger partial charge < -0.3 is 11.1 Å². The van der Waals surface area contributed by atoms with Crippen LogP contribution < -0.4 is 11.1 Å². The summed E-state index contributed by atoms with van der Waals surface area (Å²) >= 11 is 0. The molecule has 0 aliphatic heterocycles. The Balaban J connectivity index is 0.00000121. The van der Waals surface area contributed by atoms with Gasteiger partial charge in [0, 0.05) is 6.02 Å². The average Bonchev–Trinajstić information content (AvgIpc) is 1.84. The van der Waals surface area contributed by atoms with Crippen molar-refractivity contribution in [2.24, 2.45) is 5.73 Å². The van der Waals surface area contributed by atoms with E-state index in [0.717, 1.165) is 19.3 Å².